The maximum atomic E-state index is 12.0. The predicted molar refractivity (Wildman–Crippen MR) is 102 cm³/mol. The van der Waals surface area contributed by atoms with Crippen molar-refractivity contribution in [3.8, 4) is 5.75 Å². The molecular formula is C19H18N4O3S. The van der Waals surface area contributed by atoms with E-state index in [1.165, 1.54) is 0 Å². The second-order valence-corrected chi connectivity index (χ2v) is 6.65. The Labute approximate surface area is 160 Å². The molecule has 2 aromatic carbocycles. The molecule has 2 N–H and O–H groups in total. The molecule has 138 valence electrons. The molecule has 0 saturated heterocycles. The number of hydrogen-bond donors (Lipinski definition) is 2. The molecule has 0 radical (unpaired) electrons. The van der Waals surface area contributed by atoms with Gasteiger partial charge < -0.3 is 10.1 Å². The van der Waals surface area contributed by atoms with E-state index in [-0.39, 0.29) is 24.8 Å². The zero-order chi connectivity index (χ0) is 18.9. The molecule has 7 nitrogen and oxygen atoms in total. The van der Waals surface area contributed by atoms with Crippen LogP contribution in [0.3, 0.4) is 0 Å². The van der Waals surface area contributed by atoms with Crippen molar-refractivity contribution in [3.05, 3.63) is 71.2 Å². The van der Waals surface area contributed by atoms with Gasteiger partial charge in [0, 0.05) is 6.54 Å². The fourth-order valence-corrected chi connectivity index (χ4v) is 2.95. The van der Waals surface area contributed by atoms with Crippen LogP contribution in [0.25, 0.3) is 0 Å². The topological polar surface area (TPSA) is 93.2 Å². The molecule has 0 atom stereocenters. The van der Waals surface area contributed by atoms with Gasteiger partial charge in [0.2, 0.25) is 11.0 Å². The lowest BCUT2D eigenvalue weighted by molar-refractivity contribution is -0.120. The van der Waals surface area contributed by atoms with Gasteiger partial charge in [-0.2, -0.15) is 0 Å². The lowest BCUT2D eigenvalue weighted by atomic mass is 10.2. The number of hydrogen-bond acceptors (Lipinski definition) is 6. The smallest absolute Gasteiger partial charge is 0.264 e. The Morgan fingerprint density at radius 1 is 0.926 bits per heavy atom. The van der Waals surface area contributed by atoms with Gasteiger partial charge in [-0.1, -0.05) is 59.9 Å². The zero-order valence-electron chi connectivity index (χ0n) is 14.4. The quantitative estimate of drug-likeness (QED) is 0.624. The Balaban J connectivity index is 1.42. The number of anilines is 1. The summed E-state index contributed by atoms with van der Waals surface area (Å²) in [5.74, 6) is 0.121. The molecule has 3 rings (SSSR count). The van der Waals surface area contributed by atoms with Crippen molar-refractivity contribution in [2.24, 2.45) is 0 Å². The molecular weight excluding hydrogens is 364 g/mol. The van der Waals surface area contributed by atoms with Crippen LogP contribution in [0.2, 0.25) is 0 Å². The minimum Gasteiger partial charge on any atom is -0.484 e. The van der Waals surface area contributed by atoms with Crippen LogP contribution in [0.15, 0.2) is 60.7 Å². The average molecular weight is 382 g/mol. The molecule has 3 aromatic rings. The first-order chi connectivity index (χ1) is 13.2. The SMILES string of the molecule is O=C(Cc1nnc(NC(=O)COc2ccccc2)s1)NCc1ccccc1. The third kappa shape index (κ3) is 6.19. The predicted octanol–water partition coefficient (Wildman–Crippen LogP) is 2.41. The zero-order valence-corrected chi connectivity index (χ0v) is 15.2. The molecule has 0 bridgehead atoms. The van der Waals surface area contributed by atoms with Crippen molar-refractivity contribution >= 4 is 28.3 Å². The molecule has 0 aliphatic carbocycles. The number of amides is 2. The second kappa shape index (κ2) is 9.44. The highest BCUT2D eigenvalue weighted by Gasteiger charge is 2.12. The highest BCUT2D eigenvalue weighted by Crippen LogP contribution is 2.16. The monoisotopic (exact) mass is 382 g/mol. The number of carbonyl (C=O) groups excluding carboxylic acids is 2. The van der Waals surface area contributed by atoms with E-state index in [2.05, 4.69) is 20.8 Å². The summed E-state index contributed by atoms with van der Waals surface area (Å²) in [5.41, 5.74) is 1.02. The number of benzene rings is 2. The van der Waals surface area contributed by atoms with Crippen LogP contribution in [0.1, 0.15) is 10.6 Å². The van der Waals surface area contributed by atoms with Crippen LogP contribution in [0, 0.1) is 0 Å². The van der Waals surface area contributed by atoms with Crippen molar-refractivity contribution in [1.29, 1.82) is 0 Å². The van der Waals surface area contributed by atoms with Gasteiger partial charge in [-0.3, -0.25) is 14.9 Å². The third-order valence-electron chi connectivity index (χ3n) is 3.47. The van der Waals surface area contributed by atoms with E-state index in [1.54, 1.807) is 12.1 Å². The number of nitrogens with one attached hydrogen (secondary N) is 2. The Hall–Kier alpha value is -3.26. The lowest BCUT2D eigenvalue weighted by Crippen LogP contribution is -2.24. The summed E-state index contributed by atoms with van der Waals surface area (Å²) in [6.07, 6.45) is 0.112. The molecule has 0 spiro atoms. The summed E-state index contributed by atoms with van der Waals surface area (Å²) >= 11 is 1.16. The summed E-state index contributed by atoms with van der Waals surface area (Å²) in [5, 5.41) is 14.1. The standard InChI is InChI=1S/C19H18N4O3S/c24-16(20-12-14-7-3-1-4-8-14)11-18-22-23-19(27-18)21-17(25)13-26-15-9-5-2-6-10-15/h1-10H,11-13H2,(H,20,24)(H,21,23,25). The van der Waals surface area contributed by atoms with Crippen LogP contribution < -0.4 is 15.4 Å². The van der Waals surface area contributed by atoms with E-state index in [0.29, 0.717) is 22.4 Å². The first-order valence-corrected chi connectivity index (χ1v) is 9.11. The van der Waals surface area contributed by atoms with Crippen molar-refractivity contribution < 1.29 is 14.3 Å². The fourth-order valence-electron chi connectivity index (χ4n) is 2.19. The normalized spacial score (nSPS) is 10.2. The molecule has 0 saturated carbocycles. The van der Waals surface area contributed by atoms with Gasteiger partial charge in [0.15, 0.2) is 6.61 Å². The minimum absolute atomic E-state index is 0.112. The van der Waals surface area contributed by atoms with Crippen LogP contribution in [-0.2, 0) is 22.6 Å². The van der Waals surface area contributed by atoms with Gasteiger partial charge in [0.05, 0.1) is 6.42 Å². The summed E-state index contributed by atoms with van der Waals surface area (Å²) in [7, 11) is 0. The summed E-state index contributed by atoms with van der Waals surface area (Å²) in [6.45, 7) is 0.329. The van der Waals surface area contributed by atoms with Crippen molar-refractivity contribution in [1.82, 2.24) is 15.5 Å². The lowest BCUT2D eigenvalue weighted by Gasteiger charge is -2.04. The van der Waals surface area contributed by atoms with Crippen LogP contribution in [0.4, 0.5) is 5.13 Å². The summed E-state index contributed by atoms with van der Waals surface area (Å²) in [6, 6.07) is 18.7. The highest BCUT2D eigenvalue weighted by atomic mass is 32.1. The second-order valence-electron chi connectivity index (χ2n) is 5.59. The highest BCUT2D eigenvalue weighted by molar-refractivity contribution is 7.15. The minimum atomic E-state index is -0.338. The van der Waals surface area contributed by atoms with Gasteiger partial charge in [-0.15, -0.1) is 10.2 Å². The Bertz CT molecular complexity index is 812. The van der Waals surface area contributed by atoms with Gasteiger partial charge in [0.1, 0.15) is 10.8 Å². The van der Waals surface area contributed by atoms with E-state index in [4.69, 9.17) is 4.74 Å². The Morgan fingerprint density at radius 3 is 2.37 bits per heavy atom. The fraction of sp³-hybridized carbons (Fsp3) is 0.158. The number of para-hydroxylation sites is 1. The number of nitrogens with zero attached hydrogens (tertiary/aromatic N) is 2. The molecule has 0 aliphatic heterocycles. The maximum absolute atomic E-state index is 12.0. The summed E-state index contributed by atoms with van der Waals surface area (Å²) < 4.78 is 5.37. The summed E-state index contributed by atoms with van der Waals surface area (Å²) in [4.78, 5) is 23.9. The third-order valence-corrected chi connectivity index (χ3v) is 4.31. The molecule has 0 aliphatic rings. The molecule has 0 fully saturated rings. The number of ether oxygens (including phenoxy) is 1. The van der Waals surface area contributed by atoms with Crippen molar-refractivity contribution in [2.45, 2.75) is 13.0 Å². The number of aromatic nitrogens is 2. The molecule has 27 heavy (non-hydrogen) atoms. The largest absolute Gasteiger partial charge is 0.484 e. The molecule has 2 amide bonds. The average Bonchev–Trinajstić information content (AvgIpc) is 3.13. The molecule has 1 aromatic heterocycles. The van der Waals surface area contributed by atoms with Gasteiger partial charge >= 0.3 is 0 Å². The Morgan fingerprint density at radius 2 is 1.63 bits per heavy atom. The van der Waals surface area contributed by atoms with Crippen LogP contribution in [0.5, 0.6) is 5.75 Å². The van der Waals surface area contributed by atoms with E-state index in [1.807, 2.05) is 48.5 Å². The first-order valence-electron chi connectivity index (χ1n) is 8.30. The van der Waals surface area contributed by atoms with E-state index in [0.717, 1.165) is 16.9 Å². The first kappa shape index (κ1) is 18.5. The van der Waals surface area contributed by atoms with E-state index < -0.39 is 0 Å². The van der Waals surface area contributed by atoms with E-state index in [9.17, 15) is 9.59 Å². The maximum Gasteiger partial charge on any atom is 0.264 e. The number of rotatable bonds is 8. The van der Waals surface area contributed by atoms with Crippen LogP contribution >= 0.6 is 11.3 Å². The van der Waals surface area contributed by atoms with Crippen molar-refractivity contribution in [3.63, 3.8) is 0 Å². The Kier molecular flexibility index (Phi) is 6.48. The van der Waals surface area contributed by atoms with E-state index >= 15 is 0 Å². The molecule has 8 heteroatoms. The van der Waals surface area contributed by atoms with Crippen molar-refractivity contribution in [2.75, 3.05) is 11.9 Å². The van der Waals surface area contributed by atoms with Crippen LogP contribution in [-0.4, -0.2) is 28.6 Å². The van der Waals surface area contributed by atoms with Gasteiger partial charge in [0.25, 0.3) is 5.91 Å². The van der Waals surface area contributed by atoms with Gasteiger partial charge in [-0.05, 0) is 17.7 Å². The molecule has 0 unspecified atom stereocenters. The van der Waals surface area contributed by atoms with Gasteiger partial charge in [-0.25, -0.2) is 0 Å². The molecule has 1 heterocycles. The number of carbonyl (C=O) groups is 2.